The third-order valence-electron chi connectivity index (χ3n) is 3.72. The van der Waals surface area contributed by atoms with Gasteiger partial charge < -0.3 is 10.1 Å². The molecule has 4 nitrogen and oxygen atoms in total. The average Bonchev–Trinajstić information content (AvgIpc) is 2.60. The number of aryl methyl sites for hydroxylation is 1. The van der Waals surface area contributed by atoms with E-state index in [9.17, 15) is 4.79 Å². The number of carbonyl (C=O) groups excluding carboxylic acids is 1. The van der Waals surface area contributed by atoms with Crippen LogP contribution in [0.5, 0.6) is 0 Å². The Morgan fingerprint density at radius 2 is 1.96 bits per heavy atom. The van der Waals surface area contributed by atoms with Crippen molar-refractivity contribution in [1.82, 2.24) is 4.98 Å². The second kappa shape index (κ2) is 7.59. The van der Waals surface area contributed by atoms with Gasteiger partial charge in [0.2, 0.25) is 0 Å². The van der Waals surface area contributed by atoms with Gasteiger partial charge in [0.15, 0.2) is 0 Å². The highest BCUT2D eigenvalue weighted by atomic mass is 16.5. The van der Waals surface area contributed by atoms with Gasteiger partial charge in [-0.15, -0.1) is 0 Å². The lowest BCUT2D eigenvalue weighted by Crippen LogP contribution is -2.05. The molecule has 24 heavy (non-hydrogen) atoms. The van der Waals surface area contributed by atoms with Crippen LogP contribution in [0.25, 0.3) is 10.9 Å². The molecule has 1 heterocycles. The van der Waals surface area contributed by atoms with Crippen molar-refractivity contribution in [1.29, 1.82) is 0 Å². The minimum Gasteiger partial charge on any atom is -0.466 e. The number of anilines is 2. The summed E-state index contributed by atoms with van der Waals surface area (Å²) in [6.07, 6.45) is 1.06. The molecule has 0 bridgehead atoms. The maximum Gasteiger partial charge on any atom is 0.306 e. The molecule has 3 rings (SSSR count). The summed E-state index contributed by atoms with van der Waals surface area (Å²) in [6.45, 7) is 2.24. The van der Waals surface area contributed by atoms with E-state index in [2.05, 4.69) is 16.4 Å². The normalized spacial score (nSPS) is 10.5. The number of nitrogens with zero attached hydrogens (tertiary/aromatic N) is 1. The fourth-order valence-electron chi connectivity index (χ4n) is 2.57. The smallest absolute Gasteiger partial charge is 0.306 e. The highest BCUT2D eigenvalue weighted by Gasteiger charge is 2.04. The molecule has 0 saturated carbocycles. The van der Waals surface area contributed by atoms with Crippen LogP contribution in [-0.2, 0) is 16.0 Å². The number of rotatable bonds is 6. The van der Waals surface area contributed by atoms with Crippen molar-refractivity contribution in [2.45, 2.75) is 19.8 Å². The highest BCUT2D eigenvalue weighted by molar-refractivity contribution is 5.80. The Hall–Kier alpha value is -2.88. The SMILES string of the molecule is CCOC(=O)CCc1cccc(Nc2ccc3ccccc3n2)c1. The molecule has 0 aliphatic heterocycles. The fourth-order valence-corrected chi connectivity index (χ4v) is 2.57. The van der Waals surface area contributed by atoms with Crippen molar-refractivity contribution in [2.24, 2.45) is 0 Å². The largest absolute Gasteiger partial charge is 0.466 e. The van der Waals surface area contributed by atoms with E-state index in [4.69, 9.17) is 4.74 Å². The van der Waals surface area contributed by atoms with E-state index in [1.165, 1.54) is 0 Å². The first-order valence-electron chi connectivity index (χ1n) is 8.12. The number of nitrogens with one attached hydrogen (secondary N) is 1. The Bertz CT molecular complexity index is 846. The summed E-state index contributed by atoms with van der Waals surface area (Å²) in [5.74, 6) is 0.642. The van der Waals surface area contributed by atoms with E-state index >= 15 is 0 Å². The van der Waals surface area contributed by atoms with E-state index in [-0.39, 0.29) is 5.97 Å². The van der Waals surface area contributed by atoms with E-state index in [0.29, 0.717) is 19.4 Å². The van der Waals surface area contributed by atoms with Crippen LogP contribution in [0.2, 0.25) is 0 Å². The van der Waals surface area contributed by atoms with Crippen LogP contribution in [0.15, 0.2) is 60.7 Å². The number of benzene rings is 2. The highest BCUT2D eigenvalue weighted by Crippen LogP contribution is 2.20. The third kappa shape index (κ3) is 4.10. The van der Waals surface area contributed by atoms with Gasteiger partial charge in [0, 0.05) is 17.5 Å². The second-order valence-corrected chi connectivity index (χ2v) is 5.52. The molecule has 3 aromatic rings. The minimum atomic E-state index is -0.160. The summed E-state index contributed by atoms with van der Waals surface area (Å²) in [4.78, 5) is 16.1. The van der Waals surface area contributed by atoms with Crippen molar-refractivity contribution in [3.8, 4) is 0 Å². The number of fused-ring (bicyclic) bond motifs is 1. The molecule has 4 heteroatoms. The lowest BCUT2D eigenvalue weighted by Gasteiger charge is -2.09. The van der Waals surface area contributed by atoms with Crippen LogP contribution in [-0.4, -0.2) is 17.6 Å². The predicted molar refractivity (Wildman–Crippen MR) is 96.4 cm³/mol. The molecule has 0 aliphatic carbocycles. The van der Waals surface area contributed by atoms with Crippen molar-refractivity contribution in [2.75, 3.05) is 11.9 Å². The quantitative estimate of drug-likeness (QED) is 0.681. The number of esters is 1. The summed E-state index contributed by atoms with van der Waals surface area (Å²) >= 11 is 0. The van der Waals surface area contributed by atoms with Crippen molar-refractivity contribution in [3.05, 3.63) is 66.2 Å². The maximum absolute atomic E-state index is 11.5. The van der Waals surface area contributed by atoms with Gasteiger partial charge >= 0.3 is 5.97 Å². The standard InChI is InChI=1S/C20H20N2O2/c1-2-24-20(23)13-10-15-6-5-8-17(14-15)21-19-12-11-16-7-3-4-9-18(16)22-19/h3-9,11-12,14H,2,10,13H2,1H3,(H,21,22). The monoisotopic (exact) mass is 320 g/mol. The Morgan fingerprint density at radius 1 is 1.08 bits per heavy atom. The average molecular weight is 320 g/mol. The van der Waals surface area contributed by atoms with Crippen LogP contribution in [0, 0.1) is 0 Å². The first-order chi connectivity index (χ1) is 11.7. The van der Waals surface area contributed by atoms with Crippen molar-refractivity contribution >= 4 is 28.4 Å². The fraction of sp³-hybridized carbons (Fsp3) is 0.200. The Kier molecular flexibility index (Phi) is 5.06. The molecule has 0 unspecified atom stereocenters. The molecule has 1 aromatic heterocycles. The maximum atomic E-state index is 11.5. The van der Waals surface area contributed by atoms with E-state index in [1.54, 1.807) is 0 Å². The number of pyridine rings is 1. The van der Waals surface area contributed by atoms with Gasteiger partial charge in [-0.25, -0.2) is 4.98 Å². The molecule has 0 spiro atoms. The van der Waals surface area contributed by atoms with Gasteiger partial charge in [-0.2, -0.15) is 0 Å². The Balaban J connectivity index is 1.70. The number of hydrogen-bond acceptors (Lipinski definition) is 4. The molecule has 0 radical (unpaired) electrons. The van der Waals surface area contributed by atoms with Gasteiger partial charge in [-0.1, -0.05) is 30.3 Å². The number of ether oxygens (including phenoxy) is 1. The molecule has 0 atom stereocenters. The molecule has 2 aromatic carbocycles. The number of carbonyl (C=O) groups is 1. The van der Waals surface area contributed by atoms with Gasteiger partial charge in [-0.05, 0) is 49.2 Å². The van der Waals surface area contributed by atoms with E-state index < -0.39 is 0 Å². The van der Waals surface area contributed by atoms with Crippen LogP contribution >= 0.6 is 0 Å². The number of aromatic nitrogens is 1. The zero-order valence-electron chi connectivity index (χ0n) is 13.7. The first-order valence-corrected chi connectivity index (χ1v) is 8.12. The second-order valence-electron chi connectivity index (χ2n) is 5.52. The van der Waals surface area contributed by atoms with Gasteiger partial charge in [-0.3, -0.25) is 4.79 Å². The van der Waals surface area contributed by atoms with E-state index in [1.807, 2.05) is 61.5 Å². The molecule has 0 aliphatic rings. The summed E-state index contributed by atoms with van der Waals surface area (Å²) in [6, 6.07) is 20.1. The lowest BCUT2D eigenvalue weighted by atomic mass is 10.1. The molecule has 0 amide bonds. The zero-order valence-corrected chi connectivity index (χ0v) is 13.7. The van der Waals surface area contributed by atoms with Gasteiger partial charge in [0.05, 0.1) is 12.1 Å². The number of hydrogen-bond donors (Lipinski definition) is 1. The minimum absolute atomic E-state index is 0.160. The molecular weight excluding hydrogens is 300 g/mol. The first kappa shape index (κ1) is 16.0. The molecule has 122 valence electrons. The summed E-state index contributed by atoms with van der Waals surface area (Å²) < 4.78 is 4.97. The summed E-state index contributed by atoms with van der Waals surface area (Å²) in [5, 5.41) is 4.44. The summed E-state index contributed by atoms with van der Waals surface area (Å²) in [7, 11) is 0. The summed E-state index contributed by atoms with van der Waals surface area (Å²) in [5.41, 5.74) is 3.01. The van der Waals surface area contributed by atoms with Gasteiger partial charge in [0.1, 0.15) is 5.82 Å². The number of para-hydroxylation sites is 1. The Morgan fingerprint density at radius 3 is 2.83 bits per heavy atom. The predicted octanol–water partition coefficient (Wildman–Crippen LogP) is 4.47. The lowest BCUT2D eigenvalue weighted by molar-refractivity contribution is -0.143. The zero-order chi connectivity index (χ0) is 16.8. The Labute approximate surface area is 141 Å². The van der Waals surface area contributed by atoms with Crippen LogP contribution in [0.3, 0.4) is 0 Å². The molecule has 0 saturated heterocycles. The van der Waals surface area contributed by atoms with Crippen molar-refractivity contribution < 1.29 is 9.53 Å². The van der Waals surface area contributed by atoms with Gasteiger partial charge in [0.25, 0.3) is 0 Å². The van der Waals surface area contributed by atoms with Crippen molar-refractivity contribution in [3.63, 3.8) is 0 Å². The molecular formula is C20H20N2O2. The van der Waals surface area contributed by atoms with Crippen LogP contribution in [0.4, 0.5) is 11.5 Å². The van der Waals surface area contributed by atoms with Crippen LogP contribution in [0.1, 0.15) is 18.9 Å². The molecule has 0 fully saturated rings. The van der Waals surface area contributed by atoms with Crippen LogP contribution < -0.4 is 5.32 Å². The van der Waals surface area contributed by atoms with E-state index in [0.717, 1.165) is 28.0 Å². The molecule has 1 N–H and O–H groups in total. The topological polar surface area (TPSA) is 51.2 Å². The third-order valence-corrected chi connectivity index (χ3v) is 3.72.